The van der Waals surface area contributed by atoms with E-state index in [1.807, 2.05) is 30.3 Å². The summed E-state index contributed by atoms with van der Waals surface area (Å²) in [4.78, 5) is 27.6. The Balaban J connectivity index is 1.61. The molecule has 0 radical (unpaired) electrons. The highest BCUT2D eigenvalue weighted by molar-refractivity contribution is 5.87. The largest absolute Gasteiger partial charge is 0.378 e. The van der Waals surface area contributed by atoms with E-state index in [2.05, 4.69) is 16.7 Å². The van der Waals surface area contributed by atoms with Crippen molar-refractivity contribution in [2.75, 3.05) is 26.3 Å². The maximum atomic E-state index is 13.1. The van der Waals surface area contributed by atoms with Crippen molar-refractivity contribution in [1.82, 2.24) is 15.5 Å². The summed E-state index contributed by atoms with van der Waals surface area (Å²) < 4.78 is 5.31. The van der Waals surface area contributed by atoms with Crippen molar-refractivity contribution in [3.8, 4) is 6.07 Å². The molecule has 2 fully saturated rings. The Kier molecular flexibility index (Phi) is 8.52. The van der Waals surface area contributed by atoms with Gasteiger partial charge in [-0.25, -0.2) is 4.79 Å². The van der Waals surface area contributed by atoms with E-state index in [1.165, 1.54) is 6.42 Å². The van der Waals surface area contributed by atoms with E-state index in [1.54, 1.807) is 4.90 Å². The van der Waals surface area contributed by atoms with Crippen molar-refractivity contribution >= 4 is 11.9 Å². The molecule has 1 aliphatic carbocycles. The molecule has 3 amide bonds. The normalized spacial score (nSPS) is 19.4. The fourth-order valence-corrected chi connectivity index (χ4v) is 4.24. The molecule has 30 heavy (non-hydrogen) atoms. The number of hydrogen-bond donors (Lipinski definition) is 2. The van der Waals surface area contributed by atoms with Crippen LogP contribution in [0.2, 0.25) is 0 Å². The first-order valence-electron chi connectivity index (χ1n) is 11.0. The SMILES string of the molecule is N#C[C@H](CCc1ccccc1)NC(=O)[C@@H](NC(=O)N1CCOCC1)C1CCCCC1. The first kappa shape index (κ1) is 22.1. The van der Waals surface area contributed by atoms with Crippen LogP contribution in [-0.2, 0) is 16.0 Å². The van der Waals surface area contributed by atoms with Gasteiger partial charge in [-0.2, -0.15) is 5.26 Å². The molecule has 1 saturated carbocycles. The number of hydrogen-bond acceptors (Lipinski definition) is 4. The molecule has 1 heterocycles. The van der Waals surface area contributed by atoms with Crippen LogP contribution in [0, 0.1) is 17.2 Å². The molecule has 1 aromatic carbocycles. The molecule has 7 heteroatoms. The van der Waals surface area contributed by atoms with Crippen LogP contribution in [0.1, 0.15) is 44.1 Å². The smallest absolute Gasteiger partial charge is 0.318 e. The van der Waals surface area contributed by atoms with E-state index in [9.17, 15) is 14.9 Å². The van der Waals surface area contributed by atoms with Crippen molar-refractivity contribution in [3.05, 3.63) is 35.9 Å². The van der Waals surface area contributed by atoms with Gasteiger partial charge in [0, 0.05) is 13.1 Å². The minimum absolute atomic E-state index is 0.109. The fraction of sp³-hybridized carbons (Fsp3) is 0.609. The number of aryl methyl sites for hydroxylation is 1. The number of nitrogens with zero attached hydrogens (tertiary/aromatic N) is 2. The molecule has 0 bridgehead atoms. The Bertz CT molecular complexity index is 722. The molecule has 2 aliphatic rings. The second kappa shape index (κ2) is 11.6. The molecule has 2 atom stereocenters. The van der Waals surface area contributed by atoms with Crippen LogP contribution in [0.25, 0.3) is 0 Å². The Morgan fingerprint density at radius 1 is 1.10 bits per heavy atom. The summed E-state index contributed by atoms with van der Waals surface area (Å²) in [5, 5.41) is 15.4. The highest BCUT2D eigenvalue weighted by atomic mass is 16.5. The van der Waals surface area contributed by atoms with Crippen LogP contribution in [0.15, 0.2) is 30.3 Å². The monoisotopic (exact) mass is 412 g/mol. The van der Waals surface area contributed by atoms with Crippen LogP contribution in [-0.4, -0.2) is 55.2 Å². The first-order chi connectivity index (χ1) is 14.7. The zero-order chi connectivity index (χ0) is 21.2. The first-order valence-corrected chi connectivity index (χ1v) is 11.0. The van der Waals surface area contributed by atoms with Crippen molar-refractivity contribution < 1.29 is 14.3 Å². The maximum absolute atomic E-state index is 13.1. The summed E-state index contributed by atoms with van der Waals surface area (Å²) in [7, 11) is 0. The van der Waals surface area contributed by atoms with Crippen molar-refractivity contribution in [3.63, 3.8) is 0 Å². The molecular formula is C23H32N4O3. The molecule has 0 aromatic heterocycles. The van der Waals surface area contributed by atoms with E-state index in [4.69, 9.17) is 4.74 Å². The zero-order valence-corrected chi connectivity index (χ0v) is 17.5. The second-order valence-electron chi connectivity index (χ2n) is 8.14. The van der Waals surface area contributed by atoms with Gasteiger partial charge in [0.25, 0.3) is 0 Å². The van der Waals surface area contributed by atoms with Crippen molar-refractivity contribution in [2.24, 2.45) is 5.92 Å². The molecule has 0 unspecified atom stereocenters. The summed E-state index contributed by atoms with van der Waals surface area (Å²) in [6, 6.07) is 10.7. The van der Waals surface area contributed by atoms with Gasteiger partial charge in [0.05, 0.1) is 19.3 Å². The number of rotatable bonds is 7. The van der Waals surface area contributed by atoms with Gasteiger partial charge in [-0.3, -0.25) is 4.79 Å². The zero-order valence-electron chi connectivity index (χ0n) is 17.5. The number of urea groups is 1. The lowest BCUT2D eigenvalue weighted by Gasteiger charge is -2.33. The van der Waals surface area contributed by atoms with Gasteiger partial charge < -0.3 is 20.3 Å². The molecule has 2 N–H and O–H groups in total. The van der Waals surface area contributed by atoms with Crippen LogP contribution in [0.4, 0.5) is 4.79 Å². The Morgan fingerprint density at radius 2 is 1.80 bits per heavy atom. The molecule has 1 aliphatic heterocycles. The molecule has 162 valence electrons. The number of benzene rings is 1. The molecular weight excluding hydrogens is 380 g/mol. The quantitative estimate of drug-likeness (QED) is 0.720. The predicted molar refractivity (Wildman–Crippen MR) is 114 cm³/mol. The minimum atomic E-state index is -0.603. The van der Waals surface area contributed by atoms with Crippen LogP contribution >= 0.6 is 0 Å². The number of nitrogens with one attached hydrogen (secondary N) is 2. The molecule has 3 rings (SSSR count). The van der Waals surface area contributed by atoms with E-state index in [-0.39, 0.29) is 17.9 Å². The lowest BCUT2D eigenvalue weighted by atomic mass is 9.83. The number of amides is 3. The van der Waals surface area contributed by atoms with Gasteiger partial charge in [-0.1, -0.05) is 49.6 Å². The summed E-state index contributed by atoms with van der Waals surface area (Å²) in [6.07, 6.45) is 6.40. The van der Waals surface area contributed by atoms with E-state index < -0.39 is 12.1 Å². The molecule has 1 aromatic rings. The average Bonchev–Trinajstić information content (AvgIpc) is 2.81. The lowest BCUT2D eigenvalue weighted by Crippen LogP contribution is -2.57. The highest BCUT2D eigenvalue weighted by Gasteiger charge is 2.33. The Morgan fingerprint density at radius 3 is 2.47 bits per heavy atom. The predicted octanol–water partition coefficient (Wildman–Crippen LogP) is 2.62. The Labute approximate surface area is 178 Å². The summed E-state index contributed by atoms with van der Waals surface area (Å²) in [5.41, 5.74) is 1.14. The summed E-state index contributed by atoms with van der Waals surface area (Å²) in [6.45, 7) is 2.10. The van der Waals surface area contributed by atoms with Crippen LogP contribution < -0.4 is 10.6 Å². The number of ether oxygens (including phenoxy) is 1. The number of morpholine rings is 1. The van der Waals surface area contributed by atoms with Gasteiger partial charge >= 0.3 is 6.03 Å². The number of nitriles is 1. The third kappa shape index (κ3) is 6.46. The van der Waals surface area contributed by atoms with E-state index >= 15 is 0 Å². The van der Waals surface area contributed by atoms with Gasteiger partial charge in [-0.15, -0.1) is 0 Å². The second-order valence-corrected chi connectivity index (χ2v) is 8.14. The minimum Gasteiger partial charge on any atom is -0.378 e. The Hall–Kier alpha value is -2.59. The molecule has 0 spiro atoms. The fourth-order valence-electron chi connectivity index (χ4n) is 4.24. The highest BCUT2D eigenvalue weighted by Crippen LogP contribution is 2.27. The summed E-state index contributed by atoms with van der Waals surface area (Å²) in [5.74, 6) is -0.139. The third-order valence-electron chi connectivity index (χ3n) is 6.02. The maximum Gasteiger partial charge on any atom is 0.318 e. The van der Waals surface area contributed by atoms with Crippen molar-refractivity contribution in [2.45, 2.75) is 57.0 Å². The van der Waals surface area contributed by atoms with E-state index in [0.29, 0.717) is 39.1 Å². The van der Waals surface area contributed by atoms with E-state index in [0.717, 1.165) is 31.2 Å². The topological polar surface area (TPSA) is 94.5 Å². The molecule has 1 saturated heterocycles. The average molecular weight is 413 g/mol. The van der Waals surface area contributed by atoms with Gasteiger partial charge in [0.2, 0.25) is 5.91 Å². The molecule has 7 nitrogen and oxygen atoms in total. The van der Waals surface area contributed by atoms with Crippen molar-refractivity contribution in [1.29, 1.82) is 5.26 Å². The van der Waals surface area contributed by atoms with Gasteiger partial charge in [0.15, 0.2) is 0 Å². The van der Waals surface area contributed by atoms with Gasteiger partial charge in [0.1, 0.15) is 12.1 Å². The third-order valence-corrected chi connectivity index (χ3v) is 6.02. The van der Waals surface area contributed by atoms with Crippen LogP contribution in [0.5, 0.6) is 0 Å². The van der Waals surface area contributed by atoms with Crippen LogP contribution in [0.3, 0.4) is 0 Å². The standard InChI is InChI=1S/C23H32N4O3/c24-17-20(12-11-18-7-3-1-4-8-18)25-22(28)21(19-9-5-2-6-10-19)26-23(29)27-13-15-30-16-14-27/h1,3-4,7-8,19-21H,2,5-6,9-16H2,(H,25,28)(H,26,29)/t20-,21-/m0/s1. The number of carbonyl (C=O) groups excluding carboxylic acids is 2. The van der Waals surface area contributed by atoms with Gasteiger partial charge in [-0.05, 0) is 37.2 Å². The lowest BCUT2D eigenvalue weighted by molar-refractivity contribution is -0.125. The summed E-state index contributed by atoms with van der Waals surface area (Å²) >= 11 is 0. The number of carbonyl (C=O) groups is 2.